The Labute approximate surface area is 174 Å². The predicted octanol–water partition coefficient (Wildman–Crippen LogP) is 5.15. The molecule has 0 spiro atoms. The van der Waals surface area contributed by atoms with Crippen LogP contribution in [0.4, 0.5) is 0 Å². The van der Waals surface area contributed by atoms with Gasteiger partial charge < -0.3 is 6.42 Å². The summed E-state index contributed by atoms with van der Waals surface area (Å²) in [7, 11) is 0. The van der Waals surface area contributed by atoms with Gasteiger partial charge in [0.15, 0.2) is 0 Å². The SMILES string of the molecule is [C-]#Cc1ccccc1.[CH]1[CH][CH][CH][CH]1.[CH]1[CH][CH][CH][CH]1.[Zr+2].[c-]1ccccc1. The van der Waals surface area contributed by atoms with Crippen LogP contribution < -0.4 is 0 Å². The summed E-state index contributed by atoms with van der Waals surface area (Å²) < 4.78 is 0. The van der Waals surface area contributed by atoms with Gasteiger partial charge in [-0.2, -0.15) is 36.4 Å². The van der Waals surface area contributed by atoms with E-state index in [9.17, 15) is 0 Å². The molecule has 1 heteroatoms. The van der Waals surface area contributed by atoms with E-state index in [4.69, 9.17) is 6.42 Å². The maximum atomic E-state index is 6.69. The molecule has 0 amide bonds. The Morgan fingerprint density at radius 1 is 0.560 bits per heavy atom. The Bertz CT molecular complexity index is 453. The quantitative estimate of drug-likeness (QED) is 0.424. The van der Waals surface area contributed by atoms with Crippen molar-refractivity contribution in [1.29, 1.82) is 0 Å². The van der Waals surface area contributed by atoms with Crippen LogP contribution in [0.1, 0.15) is 5.56 Å². The second-order valence-corrected chi connectivity index (χ2v) is 4.49. The zero-order valence-corrected chi connectivity index (χ0v) is 16.5. The summed E-state index contributed by atoms with van der Waals surface area (Å²) in [4.78, 5) is 0. The van der Waals surface area contributed by atoms with E-state index in [0.29, 0.717) is 0 Å². The van der Waals surface area contributed by atoms with Crippen LogP contribution >= 0.6 is 0 Å². The largest absolute Gasteiger partial charge is 2.00 e. The van der Waals surface area contributed by atoms with Gasteiger partial charge in [0, 0.05) is 0 Å². The smallest absolute Gasteiger partial charge is 0.366 e. The first kappa shape index (κ1) is 23.9. The van der Waals surface area contributed by atoms with Crippen LogP contribution in [-0.2, 0) is 26.2 Å². The summed E-state index contributed by atoms with van der Waals surface area (Å²) >= 11 is 0. The number of benzene rings is 2. The summed E-state index contributed by atoms with van der Waals surface area (Å²) in [5, 5.41) is 0. The molecule has 0 heterocycles. The van der Waals surface area contributed by atoms with Gasteiger partial charge >= 0.3 is 26.2 Å². The second-order valence-electron chi connectivity index (χ2n) is 4.49. The molecular weight excluding hydrogens is 379 g/mol. The van der Waals surface area contributed by atoms with Crippen molar-refractivity contribution >= 4 is 0 Å². The van der Waals surface area contributed by atoms with Crippen LogP contribution in [0, 0.1) is 82.6 Å². The molecular formula is C24H20Zr. The van der Waals surface area contributed by atoms with E-state index in [1.165, 1.54) is 0 Å². The van der Waals surface area contributed by atoms with Crippen LogP contribution in [0.15, 0.2) is 60.7 Å². The van der Waals surface area contributed by atoms with E-state index >= 15 is 0 Å². The first-order valence-corrected chi connectivity index (χ1v) is 7.65. The monoisotopic (exact) mass is 398 g/mol. The van der Waals surface area contributed by atoms with E-state index in [0.717, 1.165) is 5.56 Å². The standard InChI is InChI=1S/C8H5.C6H5.2C5H5.Zr/c1-2-8-6-4-3-5-7-8;1-2-4-6-5-3-1;2*1-2-4-5-3-1;/h3-7H;1-5H;2*1-5H;/q2*-1;;;+2. The average Bonchev–Trinajstić information content (AvgIpc) is 3.42. The molecule has 0 N–H and O–H groups in total. The van der Waals surface area contributed by atoms with Crippen molar-refractivity contribution in [3.63, 3.8) is 0 Å². The Morgan fingerprint density at radius 2 is 0.920 bits per heavy atom. The van der Waals surface area contributed by atoms with E-state index in [-0.39, 0.29) is 26.2 Å². The summed E-state index contributed by atoms with van der Waals surface area (Å²) in [6.45, 7) is 0. The Hall–Kier alpha value is -1.12. The van der Waals surface area contributed by atoms with E-state index < -0.39 is 0 Å². The molecule has 0 atom stereocenters. The number of hydrogen-bond acceptors (Lipinski definition) is 0. The summed E-state index contributed by atoms with van der Waals surface area (Å²) in [6.07, 6.45) is 26.7. The fraction of sp³-hybridized carbons (Fsp3) is 0. The van der Waals surface area contributed by atoms with Crippen LogP contribution in [0.2, 0.25) is 0 Å². The van der Waals surface area contributed by atoms with Gasteiger partial charge in [0.2, 0.25) is 0 Å². The number of hydrogen-bond donors (Lipinski definition) is 0. The molecule has 10 radical (unpaired) electrons. The molecule has 2 aliphatic rings. The van der Waals surface area contributed by atoms with Gasteiger partial charge in [-0.3, -0.25) is 5.92 Å². The minimum Gasteiger partial charge on any atom is -0.366 e. The van der Waals surface area contributed by atoms with Crippen molar-refractivity contribution < 1.29 is 26.2 Å². The molecule has 0 saturated heterocycles. The normalized spacial score (nSPS) is 14.0. The molecule has 120 valence electrons. The van der Waals surface area contributed by atoms with Crippen molar-refractivity contribution in [1.82, 2.24) is 0 Å². The molecule has 2 fully saturated rings. The molecule has 0 bridgehead atoms. The van der Waals surface area contributed by atoms with E-state index in [1.54, 1.807) is 0 Å². The summed E-state index contributed by atoms with van der Waals surface area (Å²) in [6, 6.07) is 21.9. The topological polar surface area (TPSA) is 0 Å². The van der Waals surface area contributed by atoms with Gasteiger partial charge in [-0.25, -0.2) is 0 Å². The minimum atomic E-state index is 0. The first-order chi connectivity index (χ1) is 11.9. The zero-order chi connectivity index (χ0) is 17.1. The molecule has 2 aromatic rings. The Balaban J connectivity index is 0.000000309. The van der Waals surface area contributed by atoms with Crippen molar-refractivity contribution in [3.05, 3.63) is 143 Å². The minimum absolute atomic E-state index is 0. The molecule has 0 aromatic heterocycles. The molecule has 2 aliphatic carbocycles. The van der Waals surface area contributed by atoms with E-state index in [2.05, 4.69) is 12.0 Å². The zero-order valence-electron chi connectivity index (χ0n) is 14.0. The van der Waals surface area contributed by atoms with Gasteiger partial charge in [0.05, 0.1) is 0 Å². The van der Waals surface area contributed by atoms with Crippen LogP contribution in [0.5, 0.6) is 0 Å². The van der Waals surface area contributed by atoms with Gasteiger partial charge in [-0.05, 0) is 64.2 Å². The maximum absolute atomic E-state index is 6.69. The molecule has 4 rings (SSSR count). The average molecular weight is 400 g/mol. The van der Waals surface area contributed by atoms with Crippen LogP contribution in [-0.4, -0.2) is 0 Å². The second kappa shape index (κ2) is 19.2. The van der Waals surface area contributed by atoms with Gasteiger partial charge in [-0.1, -0.05) is 18.2 Å². The van der Waals surface area contributed by atoms with Crippen LogP contribution in [0.25, 0.3) is 0 Å². The van der Waals surface area contributed by atoms with Gasteiger partial charge in [0.25, 0.3) is 0 Å². The van der Waals surface area contributed by atoms with Crippen LogP contribution in [0.3, 0.4) is 0 Å². The third-order valence-electron chi connectivity index (χ3n) is 2.64. The molecule has 2 saturated carbocycles. The molecule has 0 nitrogen and oxygen atoms in total. The van der Waals surface area contributed by atoms with Crippen molar-refractivity contribution in [3.8, 4) is 5.92 Å². The third-order valence-corrected chi connectivity index (χ3v) is 2.64. The fourth-order valence-corrected chi connectivity index (χ4v) is 1.50. The summed E-state index contributed by atoms with van der Waals surface area (Å²) in [5.41, 5.74) is 0.826. The molecule has 25 heavy (non-hydrogen) atoms. The first-order valence-electron chi connectivity index (χ1n) is 7.65. The van der Waals surface area contributed by atoms with Crippen molar-refractivity contribution in [2.75, 3.05) is 0 Å². The third kappa shape index (κ3) is 16.1. The van der Waals surface area contributed by atoms with Gasteiger partial charge in [0.1, 0.15) is 0 Å². The summed E-state index contributed by atoms with van der Waals surface area (Å²) in [5.74, 6) is 2.28. The molecule has 0 aliphatic heterocycles. The fourth-order valence-electron chi connectivity index (χ4n) is 1.50. The Kier molecular flexibility index (Phi) is 18.4. The predicted molar refractivity (Wildman–Crippen MR) is 101 cm³/mol. The Morgan fingerprint density at radius 3 is 1.12 bits per heavy atom. The molecule has 2 aromatic carbocycles. The number of rotatable bonds is 0. The van der Waals surface area contributed by atoms with Gasteiger partial charge in [-0.15, -0.1) is 17.7 Å². The molecule has 0 unspecified atom stereocenters. The van der Waals surface area contributed by atoms with Crippen molar-refractivity contribution in [2.45, 2.75) is 0 Å². The maximum Gasteiger partial charge on any atom is 2.00 e. The van der Waals surface area contributed by atoms with E-state index in [1.807, 2.05) is 125 Å². The van der Waals surface area contributed by atoms with Crippen molar-refractivity contribution in [2.24, 2.45) is 0 Å².